The van der Waals surface area contributed by atoms with Gasteiger partial charge in [-0.3, -0.25) is 0 Å². The molecule has 0 spiro atoms. The summed E-state index contributed by atoms with van der Waals surface area (Å²) in [7, 11) is 0. The average molecular weight is 320 g/mol. The van der Waals surface area contributed by atoms with Crippen LogP contribution in [0, 0.1) is 0 Å². The van der Waals surface area contributed by atoms with Gasteiger partial charge in [0.1, 0.15) is 0 Å². The van der Waals surface area contributed by atoms with Gasteiger partial charge in [-0.05, 0) is 44.0 Å². The normalized spacial score (nSPS) is 23.5. The smallest absolute Gasteiger partial charge is 0.0954 e. The summed E-state index contributed by atoms with van der Waals surface area (Å²) in [6, 6.07) is 9.42. The van der Waals surface area contributed by atoms with Crippen LogP contribution in [0.25, 0.3) is 11.3 Å². The Bertz CT molecular complexity index is 547. The van der Waals surface area contributed by atoms with Crippen LogP contribution in [0.15, 0.2) is 41.3 Å². The number of aromatic nitrogens is 2. The Balaban J connectivity index is 1.95. The van der Waals surface area contributed by atoms with Crippen LogP contribution in [-0.4, -0.2) is 22.1 Å². The molecule has 1 aromatic heterocycles. The van der Waals surface area contributed by atoms with Crippen LogP contribution in [0.1, 0.15) is 25.8 Å². The number of halogens is 1. The van der Waals surface area contributed by atoms with Crippen molar-refractivity contribution in [2.24, 2.45) is 0 Å². The highest BCUT2D eigenvalue weighted by atomic mass is 79.9. The van der Waals surface area contributed by atoms with Gasteiger partial charge < -0.3 is 9.88 Å². The number of imidazole rings is 1. The van der Waals surface area contributed by atoms with Crippen molar-refractivity contribution in [3.63, 3.8) is 0 Å². The van der Waals surface area contributed by atoms with Gasteiger partial charge in [0.25, 0.3) is 0 Å². The lowest BCUT2D eigenvalue weighted by Gasteiger charge is -2.32. The van der Waals surface area contributed by atoms with Crippen molar-refractivity contribution in [3.05, 3.63) is 41.3 Å². The Labute approximate surface area is 122 Å². The standard InChI is InChI=1S/C15H18BrN3/c1-11-14(3-2-8-18-11)19-10-17-9-15(19)12-4-6-13(16)7-5-12/h4-7,9-11,14,18H,2-3,8H2,1H3. The fraction of sp³-hybridized carbons (Fsp3) is 0.400. The number of hydrogen-bond donors (Lipinski definition) is 1. The predicted molar refractivity (Wildman–Crippen MR) is 81.1 cm³/mol. The molecule has 1 fully saturated rings. The largest absolute Gasteiger partial charge is 0.326 e. The van der Waals surface area contributed by atoms with Gasteiger partial charge in [0.05, 0.1) is 24.3 Å². The summed E-state index contributed by atoms with van der Waals surface area (Å²) in [6.45, 7) is 3.38. The molecule has 1 aliphatic heterocycles. The Hall–Kier alpha value is -1.13. The molecular weight excluding hydrogens is 302 g/mol. The van der Waals surface area contributed by atoms with E-state index in [0.717, 1.165) is 11.0 Å². The third kappa shape index (κ3) is 2.60. The summed E-state index contributed by atoms with van der Waals surface area (Å²) < 4.78 is 3.43. The first kappa shape index (κ1) is 12.9. The van der Waals surface area contributed by atoms with E-state index in [9.17, 15) is 0 Å². The van der Waals surface area contributed by atoms with Crippen molar-refractivity contribution in [1.82, 2.24) is 14.9 Å². The topological polar surface area (TPSA) is 29.9 Å². The third-order valence-electron chi connectivity index (χ3n) is 3.88. The van der Waals surface area contributed by atoms with Gasteiger partial charge in [-0.2, -0.15) is 0 Å². The molecule has 0 amide bonds. The zero-order valence-electron chi connectivity index (χ0n) is 11.0. The van der Waals surface area contributed by atoms with Gasteiger partial charge in [-0.15, -0.1) is 0 Å². The molecule has 2 atom stereocenters. The number of nitrogens with zero attached hydrogens (tertiary/aromatic N) is 2. The average Bonchev–Trinajstić information content (AvgIpc) is 2.89. The third-order valence-corrected chi connectivity index (χ3v) is 4.41. The molecule has 1 aromatic carbocycles. The SMILES string of the molecule is CC1NCCCC1n1cncc1-c1ccc(Br)cc1. The molecule has 1 N–H and O–H groups in total. The van der Waals surface area contributed by atoms with Crippen LogP contribution in [-0.2, 0) is 0 Å². The molecule has 4 heteroatoms. The summed E-state index contributed by atoms with van der Waals surface area (Å²) in [4.78, 5) is 4.35. The maximum absolute atomic E-state index is 4.35. The van der Waals surface area contributed by atoms with E-state index in [-0.39, 0.29) is 0 Å². The molecule has 3 nitrogen and oxygen atoms in total. The maximum atomic E-state index is 4.35. The van der Waals surface area contributed by atoms with Crippen LogP contribution in [0.3, 0.4) is 0 Å². The van der Waals surface area contributed by atoms with Gasteiger partial charge in [-0.25, -0.2) is 4.98 Å². The van der Waals surface area contributed by atoms with Gasteiger partial charge in [-0.1, -0.05) is 28.1 Å². The summed E-state index contributed by atoms with van der Waals surface area (Å²) in [5.74, 6) is 0. The Morgan fingerprint density at radius 1 is 1.32 bits per heavy atom. The van der Waals surface area contributed by atoms with Crippen LogP contribution >= 0.6 is 15.9 Å². The number of nitrogens with one attached hydrogen (secondary N) is 1. The lowest BCUT2D eigenvalue weighted by Crippen LogP contribution is -2.40. The zero-order chi connectivity index (χ0) is 13.2. The molecule has 1 saturated heterocycles. The monoisotopic (exact) mass is 319 g/mol. The summed E-state index contributed by atoms with van der Waals surface area (Å²) in [5, 5.41) is 3.55. The van der Waals surface area contributed by atoms with Gasteiger partial charge in [0.15, 0.2) is 0 Å². The number of rotatable bonds is 2. The first-order valence-corrected chi connectivity index (χ1v) is 7.56. The summed E-state index contributed by atoms with van der Waals surface area (Å²) in [6.07, 6.45) is 6.37. The molecule has 2 aromatic rings. The molecular formula is C15H18BrN3. The van der Waals surface area contributed by atoms with Crippen LogP contribution < -0.4 is 5.32 Å². The molecule has 1 aliphatic rings. The Kier molecular flexibility index (Phi) is 3.71. The van der Waals surface area contributed by atoms with E-state index < -0.39 is 0 Å². The van der Waals surface area contributed by atoms with E-state index in [4.69, 9.17) is 0 Å². The van der Waals surface area contributed by atoms with Gasteiger partial charge >= 0.3 is 0 Å². The summed E-state index contributed by atoms with van der Waals surface area (Å²) in [5.41, 5.74) is 2.42. The minimum absolute atomic E-state index is 0.495. The highest BCUT2D eigenvalue weighted by Crippen LogP contribution is 2.29. The van der Waals surface area contributed by atoms with Crippen LogP contribution in [0.4, 0.5) is 0 Å². The molecule has 2 heterocycles. The molecule has 100 valence electrons. The van der Waals surface area contributed by atoms with E-state index in [1.54, 1.807) is 0 Å². The first-order chi connectivity index (χ1) is 9.25. The second kappa shape index (κ2) is 5.47. The Morgan fingerprint density at radius 3 is 2.84 bits per heavy atom. The van der Waals surface area contributed by atoms with Crippen molar-refractivity contribution in [2.45, 2.75) is 31.8 Å². The minimum atomic E-state index is 0.495. The minimum Gasteiger partial charge on any atom is -0.326 e. The highest BCUT2D eigenvalue weighted by molar-refractivity contribution is 9.10. The summed E-state index contributed by atoms with van der Waals surface area (Å²) >= 11 is 3.48. The van der Waals surface area contributed by atoms with Crippen molar-refractivity contribution in [2.75, 3.05) is 6.54 Å². The van der Waals surface area contributed by atoms with E-state index in [1.807, 2.05) is 12.5 Å². The molecule has 0 bridgehead atoms. The van der Waals surface area contributed by atoms with E-state index >= 15 is 0 Å². The zero-order valence-corrected chi connectivity index (χ0v) is 12.6. The second-order valence-corrected chi connectivity index (χ2v) is 6.06. The van der Waals surface area contributed by atoms with Crippen molar-refractivity contribution in [1.29, 1.82) is 0 Å². The van der Waals surface area contributed by atoms with E-state index in [0.29, 0.717) is 12.1 Å². The van der Waals surface area contributed by atoms with Gasteiger partial charge in [0, 0.05) is 10.5 Å². The molecule has 3 rings (SSSR count). The lowest BCUT2D eigenvalue weighted by atomic mass is 9.99. The molecule has 19 heavy (non-hydrogen) atoms. The fourth-order valence-electron chi connectivity index (χ4n) is 2.82. The van der Waals surface area contributed by atoms with Crippen molar-refractivity contribution < 1.29 is 0 Å². The second-order valence-electron chi connectivity index (χ2n) is 5.15. The highest BCUT2D eigenvalue weighted by Gasteiger charge is 2.24. The van der Waals surface area contributed by atoms with Crippen molar-refractivity contribution in [3.8, 4) is 11.3 Å². The predicted octanol–water partition coefficient (Wildman–Crippen LogP) is 3.63. The van der Waals surface area contributed by atoms with Crippen LogP contribution in [0.5, 0.6) is 0 Å². The Morgan fingerprint density at radius 2 is 2.11 bits per heavy atom. The maximum Gasteiger partial charge on any atom is 0.0954 e. The van der Waals surface area contributed by atoms with Gasteiger partial charge in [0.2, 0.25) is 0 Å². The quantitative estimate of drug-likeness (QED) is 0.916. The molecule has 0 saturated carbocycles. The number of benzene rings is 1. The number of hydrogen-bond acceptors (Lipinski definition) is 2. The molecule has 2 unspecified atom stereocenters. The van der Waals surface area contributed by atoms with E-state index in [1.165, 1.54) is 24.1 Å². The fourth-order valence-corrected chi connectivity index (χ4v) is 3.08. The van der Waals surface area contributed by atoms with Crippen molar-refractivity contribution >= 4 is 15.9 Å². The lowest BCUT2D eigenvalue weighted by molar-refractivity contribution is 0.297. The first-order valence-electron chi connectivity index (χ1n) is 6.77. The van der Waals surface area contributed by atoms with E-state index in [2.05, 4.69) is 62.0 Å². The number of piperidine rings is 1. The van der Waals surface area contributed by atoms with Crippen LogP contribution in [0.2, 0.25) is 0 Å². The molecule has 0 aliphatic carbocycles. The molecule has 0 radical (unpaired) electrons.